The van der Waals surface area contributed by atoms with Gasteiger partial charge in [0.2, 0.25) is 5.91 Å². The molecule has 0 saturated carbocycles. The van der Waals surface area contributed by atoms with Crippen LogP contribution in [0.25, 0.3) is 0 Å². The molecule has 2 aromatic carbocycles. The molecular weight excluding hydrogens is 290 g/mol. The van der Waals surface area contributed by atoms with Crippen molar-refractivity contribution in [1.82, 2.24) is 5.48 Å². The summed E-state index contributed by atoms with van der Waals surface area (Å²) in [5, 5.41) is 17.1. The van der Waals surface area contributed by atoms with E-state index in [9.17, 15) is 4.79 Å². The average molecular weight is 309 g/mol. The van der Waals surface area contributed by atoms with Crippen molar-refractivity contribution in [2.45, 2.75) is 12.8 Å². The molecule has 118 valence electrons. The SMILES string of the molecule is N=C(/C(CC(=O)NO)=C(\N)Cc1ccccc1)c1ccccc1. The Hall–Kier alpha value is -2.92. The lowest BCUT2D eigenvalue weighted by Gasteiger charge is -2.13. The van der Waals surface area contributed by atoms with Gasteiger partial charge in [-0.1, -0.05) is 60.7 Å². The molecule has 0 aromatic heterocycles. The van der Waals surface area contributed by atoms with Gasteiger partial charge in [0.1, 0.15) is 0 Å². The van der Waals surface area contributed by atoms with Crippen LogP contribution in [-0.4, -0.2) is 16.8 Å². The number of benzene rings is 2. The van der Waals surface area contributed by atoms with Gasteiger partial charge in [-0.15, -0.1) is 0 Å². The van der Waals surface area contributed by atoms with E-state index in [0.717, 1.165) is 5.56 Å². The lowest BCUT2D eigenvalue weighted by molar-refractivity contribution is -0.128. The fraction of sp³-hybridized carbons (Fsp3) is 0.111. The number of hydrogen-bond acceptors (Lipinski definition) is 4. The predicted molar refractivity (Wildman–Crippen MR) is 89.2 cm³/mol. The maximum atomic E-state index is 11.6. The Morgan fingerprint density at radius 1 is 1.04 bits per heavy atom. The van der Waals surface area contributed by atoms with Crippen LogP contribution in [0.4, 0.5) is 0 Å². The van der Waals surface area contributed by atoms with Crippen molar-refractivity contribution < 1.29 is 10.0 Å². The Bertz CT molecular complexity index is 710. The quantitative estimate of drug-likeness (QED) is 0.374. The zero-order valence-electron chi connectivity index (χ0n) is 12.6. The Morgan fingerprint density at radius 2 is 1.61 bits per heavy atom. The van der Waals surface area contributed by atoms with E-state index >= 15 is 0 Å². The Balaban J connectivity index is 2.34. The summed E-state index contributed by atoms with van der Waals surface area (Å²) in [4.78, 5) is 11.6. The fourth-order valence-electron chi connectivity index (χ4n) is 2.26. The number of hydrogen-bond donors (Lipinski definition) is 4. The van der Waals surface area contributed by atoms with E-state index in [-0.39, 0.29) is 12.1 Å². The summed E-state index contributed by atoms with van der Waals surface area (Å²) in [7, 11) is 0. The van der Waals surface area contributed by atoms with Crippen LogP contribution >= 0.6 is 0 Å². The number of hydroxylamine groups is 1. The third-order valence-electron chi connectivity index (χ3n) is 3.45. The van der Waals surface area contributed by atoms with Gasteiger partial charge < -0.3 is 5.73 Å². The Morgan fingerprint density at radius 3 is 2.17 bits per heavy atom. The number of nitrogens with one attached hydrogen (secondary N) is 2. The van der Waals surface area contributed by atoms with Gasteiger partial charge in [0.25, 0.3) is 0 Å². The minimum atomic E-state index is -0.600. The second-order valence-corrected chi connectivity index (χ2v) is 5.12. The van der Waals surface area contributed by atoms with Crippen molar-refractivity contribution in [3.63, 3.8) is 0 Å². The van der Waals surface area contributed by atoms with Gasteiger partial charge in [-0.05, 0) is 11.1 Å². The van der Waals surface area contributed by atoms with Gasteiger partial charge in [0, 0.05) is 17.7 Å². The molecule has 2 rings (SSSR count). The van der Waals surface area contributed by atoms with Crippen LogP contribution in [-0.2, 0) is 11.2 Å². The zero-order valence-corrected chi connectivity index (χ0v) is 12.6. The molecule has 0 aliphatic heterocycles. The van der Waals surface area contributed by atoms with Crippen molar-refractivity contribution in [2.24, 2.45) is 5.73 Å². The van der Waals surface area contributed by atoms with Crippen molar-refractivity contribution >= 4 is 11.6 Å². The molecule has 0 unspecified atom stereocenters. The van der Waals surface area contributed by atoms with Gasteiger partial charge >= 0.3 is 0 Å². The summed E-state index contributed by atoms with van der Waals surface area (Å²) >= 11 is 0. The Kier molecular flexibility index (Phi) is 5.66. The molecule has 0 spiro atoms. The molecule has 0 saturated heterocycles. The van der Waals surface area contributed by atoms with Gasteiger partial charge in [-0.25, -0.2) is 5.48 Å². The van der Waals surface area contributed by atoms with Gasteiger partial charge in [0.05, 0.1) is 12.1 Å². The smallest absolute Gasteiger partial charge is 0.247 e. The molecule has 2 aromatic rings. The third kappa shape index (κ3) is 4.52. The standard InChI is InChI=1S/C18H19N3O2/c19-16(11-13-7-3-1-4-8-13)15(12-17(22)21-23)18(20)14-9-5-2-6-10-14/h1-10,20,23H,11-12,19H2,(H,21,22)/b16-15-,20-18?. The van der Waals surface area contributed by atoms with Crippen LogP contribution in [0, 0.1) is 5.41 Å². The average Bonchev–Trinajstić information content (AvgIpc) is 2.60. The lowest BCUT2D eigenvalue weighted by atomic mass is 9.95. The summed E-state index contributed by atoms with van der Waals surface area (Å²) in [6.45, 7) is 0. The fourth-order valence-corrected chi connectivity index (χ4v) is 2.26. The molecule has 23 heavy (non-hydrogen) atoms. The number of carbonyl (C=O) groups excluding carboxylic acids is 1. The second-order valence-electron chi connectivity index (χ2n) is 5.12. The number of carbonyl (C=O) groups is 1. The second kappa shape index (κ2) is 7.91. The monoisotopic (exact) mass is 309 g/mol. The molecule has 0 aliphatic rings. The summed E-state index contributed by atoms with van der Waals surface area (Å²) in [6.07, 6.45) is 0.285. The van der Waals surface area contributed by atoms with Crippen LogP contribution in [0.2, 0.25) is 0 Å². The van der Waals surface area contributed by atoms with Crippen molar-refractivity contribution in [1.29, 1.82) is 5.41 Å². The molecule has 1 amide bonds. The first-order valence-corrected chi connectivity index (χ1v) is 7.20. The van der Waals surface area contributed by atoms with Gasteiger partial charge in [-0.2, -0.15) is 0 Å². The van der Waals surface area contributed by atoms with E-state index in [0.29, 0.717) is 23.3 Å². The highest BCUT2D eigenvalue weighted by Gasteiger charge is 2.16. The molecule has 0 fully saturated rings. The van der Waals surface area contributed by atoms with E-state index in [2.05, 4.69) is 0 Å². The molecule has 0 bridgehead atoms. The zero-order chi connectivity index (χ0) is 16.7. The van der Waals surface area contributed by atoms with Gasteiger partial charge in [0.15, 0.2) is 0 Å². The van der Waals surface area contributed by atoms with Crippen molar-refractivity contribution in [3.05, 3.63) is 83.1 Å². The molecule has 5 N–H and O–H groups in total. The highest BCUT2D eigenvalue weighted by atomic mass is 16.5. The minimum Gasteiger partial charge on any atom is -0.401 e. The van der Waals surface area contributed by atoms with Crippen LogP contribution < -0.4 is 11.2 Å². The predicted octanol–water partition coefficient (Wildman–Crippen LogP) is 2.41. The number of amides is 1. The molecule has 0 atom stereocenters. The van der Waals surface area contributed by atoms with Crippen LogP contribution in [0.15, 0.2) is 71.9 Å². The van der Waals surface area contributed by atoms with Crippen LogP contribution in [0.5, 0.6) is 0 Å². The number of rotatable bonds is 6. The van der Waals surface area contributed by atoms with E-state index in [1.54, 1.807) is 17.6 Å². The lowest BCUT2D eigenvalue weighted by Crippen LogP contribution is -2.23. The molecule has 0 aliphatic carbocycles. The molecule has 0 radical (unpaired) electrons. The summed E-state index contributed by atoms with van der Waals surface area (Å²) < 4.78 is 0. The number of nitrogens with two attached hydrogens (primary N) is 1. The molecule has 5 heteroatoms. The third-order valence-corrected chi connectivity index (χ3v) is 3.45. The van der Waals surface area contributed by atoms with E-state index in [4.69, 9.17) is 16.4 Å². The number of allylic oxidation sites excluding steroid dienone is 1. The molecule has 0 heterocycles. The van der Waals surface area contributed by atoms with E-state index in [1.165, 1.54) is 0 Å². The van der Waals surface area contributed by atoms with Crippen molar-refractivity contribution in [3.8, 4) is 0 Å². The largest absolute Gasteiger partial charge is 0.401 e. The molecular formula is C18H19N3O2. The maximum absolute atomic E-state index is 11.6. The first-order chi connectivity index (χ1) is 11.1. The van der Waals surface area contributed by atoms with Crippen LogP contribution in [0.3, 0.4) is 0 Å². The summed E-state index contributed by atoms with van der Waals surface area (Å²) in [5.74, 6) is -0.600. The molecule has 5 nitrogen and oxygen atoms in total. The first kappa shape index (κ1) is 16.5. The first-order valence-electron chi connectivity index (χ1n) is 7.20. The highest BCUT2D eigenvalue weighted by Crippen LogP contribution is 2.17. The van der Waals surface area contributed by atoms with Crippen molar-refractivity contribution in [2.75, 3.05) is 0 Å². The van der Waals surface area contributed by atoms with E-state index < -0.39 is 5.91 Å². The topological polar surface area (TPSA) is 99.2 Å². The van der Waals surface area contributed by atoms with Crippen LogP contribution in [0.1, 0.15) is 17.5 Å². The summed E-state index contributed by atoms with van der Waals surface area (Å²) in [6, 6.07) is 18.7. The summed E-state index contributed by atoms with van der Waals surface area (Å²) in [5.41, 5.74) is 10.5. The minimum absolute atomic E-state index is 0.150. The van der Waals surface area contributed by atoms with Gasteiger partial charge in [-0.3, -0.25) is 15.4 Å². The Labute approximate surface area is 134 Å². The van der Waals surface area contributed by atoms with E-state index in [1.807, 2.05) is 48.5 Å². The highest BCUT2D eigenvalue weighted by molar-refractivity contribution is 6.13. The maximum Gasteiger partial charge on any atom is 0.247 e. The normalized spacial score (nSPS) is 11.5.